The van der Waals surface area contributed by atoms with Gasteiger partial charge in [-0.1, -0.05) is 19.1 Å². The molecule has 1 unspecified atom stereocenters. The van der Waals surface area contributed by atoms with Crippen LogP contribution in [0.4, 0.5) is 0 Å². The highest BCUT2D eigenvalue weighted by Crippen LogP contribution is 2.19. The molecule has 1 aromatic heterocycles. The second-order valence-electron chi connectivity index (χ2n) is 4.64. The number of rotatable bonds is 6. The molecule has 0 aliphatic rings. The molecule has 0 bridgehead atoms. The third-order valence-electron chi connectivity index (χ3n) is 3.15. The van der Waals surface area contributed by atoms with Gasteiger partial charge in [0.1, 0.15) is 5.75 Å². The molecule has 19 heavy (non-hydrogen) atoms. The molecule has 2 N–H and O–H groups in total. The lowest BCUT2D eigenvalue weighted by atomic mass is 10.0. The highest BCUT2D eigenvalue weighted by Gasteiger charge is 2.12. The highest BCUT2D eigenvalue weighted by atomic mass is 16.5. The summed E-state index contributed by atoms with van der Waals surface area (Å²) >= 11 is 0. The number of hydrogen-bond donors (Lipinski definition) is 1. The Balaban J connectivity index is 2.11. The fourth-order valence-corrected chi connectivity index (χ4v) is 2.21. The number of benzene rings is 1. The largest absolute Gasteiger partial charge is 0.497 e. The molecule has 0 spiro atoms. The SMILES string of the molecule is CCCn1nccc1C(N)Cc1cccc(OC)c1. The number of ether oxygens (including phenoxy) is 1. The molecule has 0 aliphatic heterocycles. The summed E-state index contributed by atoms with van der Waals surface area (Å²) < 4.78 is 7.22. The van der Waals surface area contributed by atoms with E-state index < -0.39 is 0 Å². The van der Waals surface area contributed by atoms with Crippen molar-refractivity contribution in [3.8, 4) is 5.75 Å². The van der Waals surface area contributed by atoms with Crippen LogP contribution in [0, 0.1) is 0 Å². The van der Waals surface area contributed by atoms with Gasteiger partial charge in [0, 0.05) is 12.7 Å². The number of hydrogen-bond acceptors (Lipinski definition) is 3. The van der Waals surface area contributed by atoms with Gasteiger partial charge in [-0.25, -0.2) is 0 Å². The van der Waals surface area contributed by atoms with E-state index in [2.05, 4.69) is 18.1 Å². The summed E-state index contributed by atoms with van der Waals surface area (Å²) in [7, 11) is 1.68. The minimum Gasteiger partial charge on any atom is -0.497 e. The molecule has 4 nitrogen and oxygen atoms in total. The van der Waals surface area contributed by atoms with E-state index in [1.165, 1.54) is 5.56 Å². The van der Waals surface area contributed by atoms with Crippen LogP contribution in [0.25, 0.3) is 0 Å². The van der Waals surface area contributed by atoms with Crippen molar-refractivity contribution in [1.82, 2.24) is 9.78 Å². The Labute approximate surface area is 114 Å². The quantitative estimate of drug-likeness (QED) is 0.867. The van der Waals surface area contributed by atoms with Crippen LogP contribution in [0.2, 0.25) is 0 Å². The van der Waals surface area contributed by atoms with E-state index in [1.54, 1.807) is 7.11 Å². The van der Waals surface area contributed by atoms with Crippen LogP contribution in [-0.2, 0) is 13.0 Å². The number of methoxy groups -OCH3 is 1. The summed E-state index contributed by atoms with van der Waals surface area (Å²) in [6.45, 7) is 3.05. The van der Waals surface area contributed by atoms with Crippen molar-refractivity contribution in [1.29, 1.82) is 0 Å². The summed E-state index contributed by atoms with van der Waals surface area (Å²) in [5.74, 6) is 0.867. The molecule has 102 valence electrons. The van der Waals surface area contributed by atoms with Crippen LogP contribution in [-0.4, -0.2) is 16.9 Å². The average Bonchev–Trinajstić information content (AvgIpc) is 2.88. The minimum absolute atomic E-state index is 0.0406. The maximum Gasteiger partial charge on any atom is 0.119 e. The first-order valence-corrected chi connectivity index (χ1v) is 6.64. The first kappa shape index (κ1) is 13.6. The van der Waals surface area contributed by atoms with Crippen LogP contribution < -0.4 is 10.5 Å². The van der Waals surface area contributed by atoms with Gasteiger partial charge in [-0.2, -0.15) is 5.10 Å². The van der Waals surface area contributed by atoms with Crippen LogP contribution in [0.1, 0.15) is 30.6 Å². The van der Waals surface area contributed by atoms with Crippen LogP contribution >= 0.6 is 0 Å². The molecule has 0 amide bonds. The van der Waals surface area contributed by atoms with Gasteiger partial charge in [-0.05, 0) is 36.6 Å². The van der Waals surface area contributed by atoms with E-state index in [-0.39, 0.29) is 6.04 Å². The van der Waals surface area contributed by atoms with Gasteiger partial charge in [-0.15, -0.1) is 0 Å². The predicted octanol–water partition coefficient (Wildman–Crippen LogP) is 2.54. The van der Waals surface area contributed by atoms with E-state index in [1.807, 2.05) is 35.1 Å². The number of nitrogens with two attached hydrogens (primary N) is 1. The Hall–Kier alpha value is -1.81. The van der Waals surface area contributed by atoms with Crippen molar-refractivity contribution in [2.24, 2.45) is 5.73 Å². The van der Waals surface area contributed by atoms with Crippen LogP contribution in [0.3, 0.4) is 0 Å². The summed E-state index contributed by atoms with van der Waals surface area (Å²) in [6.07, 6.45) is 3.66. The fraction of sp³-hybridized carbons (Fsp3) is 0.400. The summed E-state index contributed by atoms with van der Waals surface area (Å²) in [5, 5.41) is 4.31. The van der Waals surface area contributed by atoms with Gasteiger partial charge in [-0.3, -0.25) is 4.68 Å². The first-order valence-electron chi connectivity index (χ1n) is 6.64. The van der Waals surface area contributed by atoms with Crippen LogP contribution in [0.5, 0.6) is 5.75 Å². The van der Waals surface area contributed by atoms with Gasteiger partial charge >= 0.3 is 0 Å². The maximum atomic E-state index is 6.29. The molecule has 4 heteroatoms. The molecule has 2 aromatic rings. The lowest BCUT2D eigenvalue weighted by Crippen LogP contribution is -2.18. The molecule has 1 aromatic carbocycles. The zero-order valence-corrected chi connectivity index (χ0v) is 11.5. The van der Waals surface area contributed by atoms with E-state index in [9.17, 15) is 0 Å². The second kappa shape index (κ2) is 6.38. The number of aromatic nitrogens is 2. The Morgan fingerprint density at radius 2 is 2.21 bits per heavy atom. The maximum absolute atomic E-state index is 6.29. The Bertz CT molecular complexity index is 522. The molecule has 2 rings (SSSR count). The topological polar surface area (TPSA) is 53.1 Å². The molecular weight excluding hydrogens is 238 g/mol. The van der Waals surface area contributed by atoms with Crippen molar-refractivity contribution < 1.29 is 4.74 Å². The first-order chi connectivity index (χ1) is 9.24. The van der Waals surface area contributed by atoms with Crippen molar-refractivity contribution in [2.45, 2.75) is 32.4 Å². The summed E-state index contributed by atoms with van der Waals surface area (Å²) in [5.41, 5.74) is 8.56. The van der Waals surface area contributed by atoms with Gasteiger partial charge in [0.2, 0.25) is 0 Å². The molecule has 0 saturated carbocycles. The van der Waals surface area contributed by atoms with Crippen LogP contribution in [0.15, 0.2) is 36.5 Å². The lowest BCUT2D eigenvalue weighted by molar-refractivity contribution is 0.414. The van der Waals surface area contributed by atoms with E-state index >= 15 is 0 Å². The highest BCUT2D eigenvalue weighted by molar-refractivity contribution is 5.29. The average molecular weight is 259 g/mol. The van der Waals surface area contributed by atoms with Gasteiger partial charge in [0.25, 0.3) is 0 Å². The molecule has 1 heterocycles. The zero-order chi connectivity index (χ0) is 13.7. The van der Waals surface area contributed by atoms with E-state index in [0.717, 1.165) is 30.8 Å². The fourth-order valence-electron chi connectivity index (χ4n) is 2.21. The molecule has 0 aliphatic carbocycles. The standard InChI is InChI=1S/C15H21N3O/c1-3-9-18-15(7-8-17-18)14(16)11-12-5-4-6-13(10-12)19-2/h4-8,10,14H,3,9,11,16H2,1-2H3. The molecule has 0 saturated heterocycles. The van der Waals surface area contributed by atoms with Crippen molar-refractivity contribution in [3.05, 3.63) is 47.8 Å². The number of aryl methyl sites for hydroxylation is 1. The number of nitrogens with zero attached hydrogens (tertiary/aromatic N) is 2. The lowest BCUT2D eigenvalue weighted by Gasteiger charge is -2.14. The van der Waals surface area contributed by atoms with E-state index in [0.29, 0.717) is 0 Å². The Morgan fingerprint density at radius 3 is 2.95 bits per heavy atom. The summed E-state index contributed by atoms with van der Waals surface area (Å²) in [6, 6.07) is 9.99. The van der Waals surface area contributed by atoms with Crippen molar-refractivity contribution in [2.75, 3.05) is 7.11 Å². The zero-order valence-electron chi connectivity index (χ0n) is 11.5. The molecule has 0 radical (unpaired) electrons. The van der Waals surface area contributed by atoms with Crippen molar-refractivity contribution >= 4 is 0 Å². The molecule has 0 fully saturated rings. The predicted molar refractivity (Wildman–Crippen MR) is 76.1 cm³/mol. The third kappa shape index (κ3) is 3.35. The second-order valence-corrected chi connectivity index (χ2v) is 4.64. The van der Waals surface area contributed by atoms with Gasteiger partial charge < -0.3 is 10.5 Å². The van der Waals surface area contributed by atoms with E-state index in [4.69, 9.17) is 10.5 Å². The third-order valence-corrected chi connectivity index (χ3v) is 3.15. The molecule has 1 atom stereocenters. The minimum atomic E-state index is -0.0406. The molecular formula is C15H21N3O. The summed E-state index contributed by atoms with van der Waals surface area (Å²) in [4.78, 5) is 0. The monoisotopic (exact) mass is 259 g/mol. The van der Waals surface area contributed by atoms with Gasteiger partial charge in [0.05, 0.1) is 18.8 Å². The smallest absolute Gasteiger partial charge is 0.119 e. The van der Waals surface area contributed by atoms with Crippen molar-refractivity contribution in [3.63, 3.8) is 0 Å². The van der Waals surface area contributed by atoms with Gasteiger partial charge in [0.15, 0.2) is 0 Å². The normalized spacial score (nSPS) is 12.4. The Morgan fingerprint density at radius 1 is 1.37 bits per heavy atom. The Kier molecular flexibility index (Phi) is 4.58.